The van der Waals surface area contributed by atoms with E-state index in [1.807, 2.05) is 18.2 Å². The number of aromatic nitrogens is 1. The van der Waals surface area contributed by atoms with Crippen molar-refractivity contribution in [3.63, 3.8) is 0 Å². The van der Waals surface area contributed by atoms with E-state index in [4.69, 9.17) is 14.6 Å². The molecule has 154 valence electrons. The summed E-state index contributed by atoms with van der Waals surface area (Å²) in [6.45, 7) is 0.457. The minimum atomic E-state index is -1.52. The Morgan fingerprint density at radius 3 is 2.57 bits per heavy atom. The highest BCUT2D eigenvalue weighted by Crippen LogP contribution is 2.30. The van der Waals surface area contributed by atoms with Crippen molar-refractivity contribution in [2.75, 3.05) is 6.61 Å². The molecule has 0 saturated heterocycles. The maximum atomic E-state index is 14.1. The topological polar surface area (TPSA) is 68.7 Å². The van der Waals surface area contributed by atoms with Crippen molar-refractivity contribution >= 4 is 5.97 Å². The van der Waals surface area contributed by atoms with Gasteiger partial charge in [-0.1, -0.05) is 12.1 Å². The van der Waals surface area contributed by atoms with Gasteiger partial charge in [0, 0.05) is 23.4 Å². The summed E-state index contributed by atoms with van der Waals surface area (Å²) in [5.74, 6) is -1.67. The molecule has 1 saturated carbocycles. The van der Waals surface area contributed by atoms with E-state index in [2.05, 4.69) is 4.98 Å². The molecule has 0 amide bonds. The third-order valence-corrected chi connectivity index (χ3v) is 4.83. The first-order valence-corrected chi connectivity index (χ1v) is 9.53. The summed E-state index contributed by atoms with van der Waals surface area (Å²) >= 11 is 0. The van der Waals surface area contributed by atoms with Gasteiger partial charge in [0.1, 0.15) is 24.0 Å². The molecule has 30 heavy (non-hydrogen) atoms. The van der Waals surface area contributed by atoms with Gasteiger partial charge in [-0.3, -0.25) is 0 Å². The normalized spacial score (nSPS) is 13.1. The van der Waals surface area contributed by atoms with Crippen LogP contribution in [0.15, 0.2) is 54.7 Å². The Bertz CT molecular complexity index is 1070. The van der Waals surface area contributed by atoms with Crippen LogP contribution in [-0.2, 0) is 6.61 Å². The first kappa shape index (κ1) is 19.8. The van der Waals surface area contributed by atoms with E-state index in [1.165, 1.54) is 12.8 Å². The van der Waals surface area contributed by atoms with E-state index in [0.29, 0.717) is 30.2 Å². The summed E-state index contributed by atoms with van der Waals surface area (Å²) < 4.78 is 39.1. The summed E-state index contributed by atoms with van der Waals surface area (Å²) in [4.78, 5) is 15.2. The van der Waals surface area contributed by atoms with Crippen molar-refractivity contribution < 1.29 is 28.2 Å². The SMILES string of the molecule is O=C(O)c1cc(F)c(COc2cccc(-c3ccc(OCC4CC4)nc3)c2)cc1F. The lowest BCUT2D eigenvalue weighted by molar-refractivity contribution is 0.0691. The van der Waals surface area contributed by atoms with Crippen LogP contribution in [0.5, 0.6) is 11.6 Å². The van der Waals surface area contributed by atoms with Crippen LogP contribution in [0.25, 0.3) is 11.1 Å². The smallest absolute Gasteiger partial charge is 0.338 e. The zero-order valence-corrected chi connectivity index (χ0v) is 16.0. The van der Waals surface area contributed by atoms with Gasteiger partial charge in [0.25, 0.3) is 0 Å². The standard InChI is InChI=1S/C23H19F2NO4/c24-20-10-19(23(27)28)21(25)9-17(20)13-29-18-3-1-2-15(8-18)16-6-7-22(26-11-16)30-12-14-4-5-14/h1-3,6-11,14H,4-5,12-13H2,(H,27,28). The van der Waals surface area contributed by atoms with Gasteiger partial charge in [0.15, 0.2) is 0 Å². The van der Waals surface area contributed by atoms with Crippen molar-refractivity contribution in [2.45, 2.75) is 19.4 Å². The molecule has 2 aromatic carbocycles. The second-order valence-electron chi connectivity index (χ2n) is 7.18. The fourth-order valence-corrected chi connectivity index (χ4v) is 2.91. The quantitative estimate of drug-likeness (QED) is 0.559. The van der Waals surface area contributed by atoms with Gasteiger partial charge in [-0.25, -0.2) is 18.6 Å². The monoisotopic (exact) mass is 411 g/mol. The van der Waals surface area contributed by atoms with E-state index in [9.17, 15) is 13.6 Å². The molecule has 0 atom stereocenters. The van der Waals surface area contributed by atoms with Crippen molar-refractivity contribution in [1.29, 1.82) is 0 Å². The number of rotatable bonds is 8. The minimum absolute atomic E-state index is 0.0678. The molecular weight excluding hydrogens is 392 g/mol. The van der Waals surface area contributed by atoms with Crippen LogP contribution >= 0.6 is 0 Å². The number of ether oxygens (including phenoxy) is 2. The molecule has 4 rings (SSSR count). The third-order valence-electron chi connectivity index (χ3n) is 4.83. The zero-order chi connectivity index (χ0) is 21.1. The molecule has 1 fully saturated rings. The predicted octanol–water partition coefficient (Wildman–Crippen LogP) is 5.09. The lowest BCUT2D eigenvalue weighted by Crippen LogP contribution is -2.06. The molecule has 5 nitrogen and oxygen atoms in total. The molecule has 1 heterocycles. The number of aromatic carboxylic acids is 1. The molecule has 0 radical (unpaired) electrons. The van der Waals surface area contributed by atoms with Crippen LogP contribution in [0.4, 0.5) is 8.78 Å². The molecule has 1 aliphatic carbocycles. The number of hydrogen-bond acceptors (Lipinski definition) is 4. The molecular formula is C23H19F2NO4. The summed E-state index contributed by atoms with van der Waals surface area (Å²) in [6, 6.07) is 12.3. The van der Waals surface area contributed by atoms with E-state index >= 15 is 0 Å². The van der Waals surface area contributed by atoms with Gasteiger partial charge < -0.3 is 14.6 Å². The van der Waals surface area contributed by atoms with Crippen LogP contribution in [0.3, 0.4) is 0 Å². The van der Waals surface area contributed by atoms with Crippen molar-refractivity contribution in [1.82, 2.24) is 4.98 Å². The molecule has 1 N–H and O–H groups in total. The molecule has 3 aromatic rings. The van der Waals surface area contributed by atoms with Gasteiger partial charge in [-0.2, -0.15) is 0 Å². The first-order valence-electron chi connectivity index (χ1n) is 9.53. The van der Waals surface area contributed by atoms with Crippen molar-refractivity contribution in [2.24, 2.45) is 5.92 Å². The van der Waals surface area contributed by atoms with Crippen LogP contribution in [0.2, 0.25) is 0 Å². The maximum Gasteiger partial charge on any atom is 0.338 e. The molecule has 0 unspecified atom stereocenters. The predicted molar refractivity (Wildman–Crippen MR) is 106 cm³/mol. The Morgan fingerprint density at radius 1 is 1.03 bits per heavy atom. The number of halogens is 2. The number of benzene rings is 2. The van der Waals surface area contributed by atoms with Gasteiger partial charge in [-0.05, 0) is 54.7 Å². The second-order valence-corrected chi connectivity index (χ2v) is 7.18. The number of carboxylic acids is 1. The lowest BCUT2D eigenvalue weighted by atomic mass is 10.1. The Hall–Kier alpha value is -3.48. The van der Waals surface area contributed by atoms with Crippen molar-refractivity contribution in [3.8, 4) is 22.8 Å². The highest BCUT2D eigenvalue weighted by atomic mass is 19.1. The van der Waals surface area contributed by atoms with Crippen LogP contribution in [-0.4, -0.2) is 22.7 Å². The van der Waals surface area contributed by atoms with Gasteiger partial charge in [0.05, 0.1) is 12.2 Å². The highest BCUT2D eigenvalue weighted by Gasteiger charge is 2.22. The van der Waals surface area contributed by atoms with E-state index in [0.717, 1.165) is 17.2 Å². The van der Waals surface area contributed by atoms with Gasteiger partial charge >= 0.3 is 5.97 Å². The minimum Gasteiger partial charge on any atom is -0.489 e. The molecule has 0 bridgehead atoms. The first-order chi connectivity index (χ1) is 14.5. The molecule has 1 aliphatic rings. The van der Waals surface area contributed by atoms with E-state index < -0.39 is 23.2 Å². The Morgan fingerprint density at radius 2 is 1.87 bits per heavy atom. The largest absolute Gasteiger partial charge is 0.489 e. The summed E-state index contributed by atoms with van der Waals surface area (Å²) in [5, 5.41) is 8.85. The zero-order valence-electron chi connectivity index (χ0n) is 16.0. The fourth-order valence-electron chi connectivity index (χ4n) is 2.91. The maximum absolute atomic E-state index is 14.1. The third kappa shape index (κ3) is 4.74. The number of pyridine rings is 1. The average Bonchev–Trinajstić information content (AvgIpc) is 3.57. The number of hydrogen-bond donors (Lipinski definition) is 1. The molecule has 1 aromatic heterocycles. The van der Waals surface area contributed by atoms with Gasteiger partial charge in [-0.15, -0.1) is 0 Å². The molecule has 0 spiro atoms. The van der Waals surface area contributed by atoms with Crippen LogP contribution < -0.4 is 9.47 Å². The van der Waals surface area contributed by atoms with Gasteiger partial charge in [0.2, 0.25) is 5.88 Å². The van der Waals surface area contributed by atoms with E-state index in [-0.39, 0.29) is 12.2 Å². The van der Waals surface area contributed by atoms with Crippen LogP contribution in [0, 0.1) is 17.6 Å². The lowest BCUT2D eigenvalue weighted by Gasteiger charge is -2.10. The second kappa shape index (κ2) is 8.49. The summed E-state index contributed by atoms with van der Waals surface area (Å²) in [7, 11) is 0. The van der Waals surface area contributed by atoms with Crippen molar-refractivity contribution in [3.05, 3.63) is 77.5 Å². The number of carboxylic acid groups (broad SMARTS) is 1. The summed E-state index contributed by atoms with van der Waals surface area (Å²) in [5.41, 5.74) is 0.931. The number of carbonyl (C=O) groups is 1. The highest BCUT2D eigenvalue weighted by molar-refractivity contribution is 5.88. The molecule has 7 heteroatoms. The fraction of sp³-hybridized carbons (Fsp3) is 0.217. The summed E-state index contributed by atoms with van der Waals surface area (Å²) in [6.07, 6.45) is 4.14. The Balaban J connectivity index is 1.43. The Kier molecular flexibility index (Phi) is 5.61. The van der Waals surface area contributed by atoms with E-state index in [1.54, 1.807) is 24.4 Å². The van der Waals surface area contributed by atoms with Crippen LogP contribution in [0.1, 0.15) is 28.8 Å². The average molecular weight is 411 g/mol. The molecule has 0 aliphatic heterocycles. The number of nitrogens with zero attached hydrogens (tertiary/aromatic N) is 1. The Labute approximate surface area is 171 Å².